The average molecular weight is 245 g/mol. The van der Waals surface area contributed by atoms with Crippen LogP contribution in [0.5, 0.6) is 0 Å². The van der Waals surface area contributed by atoms with Gasteiger partial charge in [-0.15, -0.1) is 0 Å². The van der Waals surface area contributed by atoms with E-state index in [9.17, 15) is 4.79 Å². The maximum atomic E-state index is 12.0. The lowest BCUT2D eigenvalue weighted by Gasteiger charge is -2.12. The predicted molar refractivity (Wildman–Crippen MR) is 68.9 cm³/mol. The summed E-state index contributed by atoms with van der Waals surface area (Å²) < 4.78 is 5.38. The Bertz CT molecular complexity index is 406. The van der Waals surface area contributed by atoms with Crippen molar-refractivity contribution in [3.8, 4) is 0 Å². The number of rotatable bonds is 3. The van der Waals surface area contributed by atoms with Crippen LogP contribution in [0.25, 0.3) is 0 Å². The molecule has 3 atom stereocenters. The fourth-order valence-electron chi connectivity index (χ4n) is 3.16. The molecule has 2 fully saturated rings. The van der Waals surface area contributed by atoms with Crippen LogP contribution in [0.1, 0.15) is 31.2 Å². The Hall–Kier alpha value is -1.35. The molecule has 1 N–H and O–H groups in total. The second-order valence-electron chi connectivity index (χ2n) is 5.35. The molecule has 1 saturated heterocycles. The molecule has 0 bridgehead atoms. The molecule has 1 saturated carbocycles. The predicted octanol–water partition coefficient (Wildman–Crippen LogP) is 2.26. The number of ether oxygens (including phenoxy) is 1. The highest BCUT2D eigenvalue weighted by Crippen LogP contribution is 2.34. The first-order valence-corrected chi connectivity index (χ1v) is 6.79. The van der Waals surface area contributed by atoms with Crippen LogP contribution in [0.4, 0.5) is 0 Å². The molecule has 3 rings (SSSR count). The third kappa shape index (κ3) is 2.41. The summed E-state index contributed by atoms with van der Waals surface area (Å²) in [7, 11) is 0. The van der Waals surface area contributed by atoms with E-state index in [1.807, 2.05) is 30.3 Å². The summed E-state index contributed by atoms with van der Waals surface area (Å²) >= 11 is 0. The van der Waals surface area contributed by atoms with Crippen molar-refractivity contribution in [3.63, 3.8) is 0 Å². The summed E-state index contributed by atoms with van der Waals surface area (Å²) in [5, 5.41) is 3.41. The molecule has 1 aromatic rings. The molecule has 1 aromatic carbocycles. The molecule has 1 heterocycles. The number of hydrogen-bond donors (Lipinski definition) is 1. The first kappa shape index (κ1) is 11.7. The van der Waals surface area contributed by atoms with Gasteiger partial charge in [-0.25, -0.2) is 0 Å². The number of carbonyl (C=O) groups excluding carboxylic acids is 1. The number of nitrogens with one attached hydrogen (secondary N) is 1. The van der Waals surface area contributed by atoms with Crippen molar-refractivity contribution in [3.05, 3.63) is 35.9 Å². The summed E-state index contributed by atoms with van der Waals surface area (Å²) in [5.41, 5.74) is 1.05. The van der Waals surface area contributed by atoms with Gasteiger partial charge in [-0.2, -0.15) is 0 Å². The first-order chi connectivity index (χ1) is 8.83. The van der Waals surface area contributed by atoms with Crippen LogP contribution in [-0.4, -0.2) is 18.1 Å². The van der Waals surface area contributed by atoms with Gasteiger partial charge in [0.15, 0.2) is 0 Å². The average Bonchev–Trinajstić information content (AvgIpc) is 2.98. The van der Waals surface area contributed by atoms with Gasteiger partial charge in [0, 0.05) is 6.04 Å². The quantitative estimate of drug-likeness (QED) is 0.830. The van der Waals surface area contributed by atoms with E-state index in [1.54, 1.807) is 0 Å². The molecule has 0 amide bonds. The Balaban J connectivity index is 1.50. The van der Waals surface area contributed by atoms with Crippen molar-refractivity contribution in [2.75, 3.05) is 0 Å². The van der Waals surface area contributed by atoms with Crippen LogP contribution in [0, 0.1) is 5.92 Å². The summed E-state index contributed by atoms with van der Waals surface area (Å²) in [6, 6.07) is 10.3. The van der Waals surface area contributed by atoms with Crippen molar-refractivity contribution < 1.29 is 9.53 Å². The van der Waals surface area contributed by atoms with Crippen molar-refractivity contribution >= 4 is 5.97 Å². The lowest BCUT2D eigenvalue weighted by atomic mass is 10.0. The zero-order chi connectivity index (χ0) is 12.4. The minimum absolute atomic E-state index is 0.0796. The Morgan fingerprint density at radius 2 is 2.11 bits per heavy atom. The maximum Gasteiger partial charge on any atom is 0.323 e. The van der Waals surface area contributed by atoms with Crippen LogP contribution < -0.4 is 5.32 Å². The second kappa shape index (κ2) is 5.11. The van der Waals surface area contributed by atoms with Crippen LogP contribution >= 0.6 is 0 Å². The van der Waals surface area contributed by atoms with E-state index in [2.05, 4.69) is 5.32 Å². The molecule has 18 heavy (non-hydrogen) atoms. The Kier molecular flexibility index (Phi) is 3.33. The highest BCUT2D eigenvalue weighted by atomic mass is 16.5. The number of hydrogen-bond acceptors (Lipinski definition) is 3. The summed E-state index contributed by atoms with van der Waals surface area (Å²) in [6.45, 7) is 0.382. The van der Waals surface area contributed by atoms with E-state index in [-0.39, 0.29) is 12.0 Å². The number of carbonyl (C=O) groups is 1. The van der Waals surface area contributed by atoms with E-state index in [1.165, 1.54) is 19.3 Å². The van der Waals surface area contributed by atoms with Gasteiger partial charge in [0.1, 0.15) is 12.6 Å². The van der Waals surface area contributed by atoms with Gasteiger partial charge < -0.3 is 10.1 Å². The first-order valence-electron chi connectivity index (χ1n) is 6.79. The molecule has 2 aliphatic rings. The maximum absolute atomic E-state index is 12.0. The largest absolute Gasteiger partial charge is 0.460 e. The molecular weight excluding hydrogens is 226 g/mol. The topological polar surface area (TPSA) is 38.3 Å². The molecule has 1 aliphatic heterocycles. The molecule has 0 aromatic heterocycles. The van der Waals surface area contributed by atoms with Gasteiger partial charge in [-0.3, -0.25) is 4.79 Å². The number of fused-ring (bicyclic) bond motifs is 1. The van der Waals surface area contributed by atoms with Crippen LogP contribution in [0.3, 0.4) is 0 Å². The van der Waals surface area contributed by atoms with Gasteiger partial charge in [0.05, 0.1) is 0 Å². The molecule has 0 unspecified atom stereocenters. The van der Waals surface area contributed by atoms with E-state index in [4.69, 9.17) is 4.74 Å². The summed E-state index contributed by atoms with van der Waals surface area (Å²) in [5.74, 6) is 0.604. The Labute approximate surface area is 108 Å². The van der Waals surface area contributed by atoms with E-state index in [0.717, 1.165) is 12.0 Å². The highest BCUT2D eigenvalue weighted by molar-refractivity contribution is 5.76. The zero-order valence-electron chi connectivity index (χ0n) is 10.5. The van der Waals surface area contributed by atoms with Crippen LogP contribution in [0.2, 0.25) is 0 Å². The third-order valence-corrected chi connectivity index (χ3v) is 4.12. The molecular formula is C15H19NO2. The highest BCUT2D eigenvalue weighted by Gasteiger charge is 2.40. The fourth-order valence-corrected chi connectivity index (χ4v) is 3.16. The van der Waals surface area contributed by atoms with E-state index >= 15 is 0 Å². The number of benzene rings is 1. The standard InChI is InChI=1S/C15H19NO2/c17-15(18-10-11-5-2-1-3-6-11)14-9-12-7-4-8-13(12)16-14/h1-3,5-6,12-14,16H,4,7-10H2/t12-,13-,14+/m0/s1. The second-order valence-corrected chi connectivity index (χ2v) is 5.35. The summed E-state index contributed by atoms with van der Waals surface area (Å²) in [6.07, 6.45) is 4.74. The number of esters is 1. The smallest absolute Gasteiger partial charge is 0.323 e. The van der Waals surface area contributed by atoms with E-state index in [0.29, 0.717) is 18.6 Å². The molecule has 3 heteroatoms. The molecule has 1 aliphatic carbocycles. The van der Waals surface area contributed by atoms with Crippen molar-refractivity contribution in [1.82, 2.24) is 5.32 Å². The SMILES string of the molecule is O=C(OCc1ccccc1)[C@H]1C[C@@H]2CCC[C@@H]2N1. The molecule has 96 valence electrons. The molecule has 0 radical (unpaired) electrons. The monoisotopic (exact) mass is 245 g/mol. The van der Waals surface area contributed by atoms with Crippen LogP contribution in [-0.2, 0) is 16.1 Å². The fraction of sp³-hybridized carbons (Fsp3) is 0.533. The Morgan fingerprint density at radius 1 is 1.28 bits per heavy atom. The molecule has 3 nitrogen and oxygen atoms in total. The van der Waals surface area contributed by atoms with E-state index < -0.39 is 0 Å². The van der Waals surface area contributed by atoms with Crippen molar-refractivity contribution in [2.24, 2.45) is 5.92 Å². The van der Waals surface area contributed by atoms with Gasteiger partial charge in [-0.05, 0) is 30.7 Å². The van der Waals surface area contributed by atoms with Gasteiger partial charge in [0.25, 0.3) is 0 Å². The minimum Gasteiger partial charge on any atom is -0.460 e. The zero-order valence-corrected chi connectivity index (χ0v) is 10.5. The third-order valence-electron chi connectivity index (χ3n) is 4.12. The molecule has 0 spiro atoms. The van der Waals surface area contributed by atoms with Gasteiger partial charge in [0.2, 0.25) is 0 Å². The summed E-state index contributed by atoms with van der Waals surface area (Å²) in [4.78, 5) is 12.0. The van der Waals surface area contributed by atoms with Crippen molar-refractivity contribution in [2.45, 2.75) is 44.4 Å². The van der Waals surface area contributed by atoms with Crippen molar-refractivity contribution in [1.29, 1.82) is 0 Å². The minimum atomic E-state index is -0.0896. The van der Waals surface area contributed by atoms with Gasteiger partial charge >= 0.3 is 5.97 Å². The Morgan fingerprint density at radius 3 is 2.89 bits per heavy atom. The lowest BCUT2D eigenvalue weighted by Crippen LogP contribution is -2.36. The lowest BCUT2D eigenvalue weighted by molar-refractivity contribution is -0.147. The van der Waals surface area contributed by atoms with Gasteiger partial charge in [-0.1, -0.05) is 36.8 Å². The van der Waals surface area contributed by atoms with Crippen LogP contribution in [0.15, 0.2) is 30.3 Å². The normalized spacial score (nSPS) is 30.1.